The zero-order valence-corrected chi connectivity index (χ0v) is 13.7. The first-order valence-corrected chi connectivity index (χ1v) is 6.76. The number of phenols is 2. The van der Waals surface area contributed by atoms with Gasteiger partial charge in [0.05, 0.1) is 14.2 Å². The molecule has 1 unspecified atom stereocenters. The number of aromatic hydroxyl groups is 2. The highest BCUT2D eigenvalue weighted by Gasteiger charge is 2.28. The van der Waals surface area contributed by atoms with Crippen LogP contribution in [0.4, 0.5) is 4.79 Å². The smallest absolute Gasteiger partial charge is 0.408 e. The maximum Gasteiger partial charge on any atom is 0.408 e. The number of methoxy groups -OCH3 is 2. The van der Waals surface area contributed by atoms with Crippen LogP contribution in [0, 0.1) is 0 Å². The second-order valence-corrected chi connectivity index (χ2v) is 5.69. The van der Waals surface area contributed by atoms with Gasteiger partial charge >= 0.3 is 12.1 Å². The number of amides is 1. The summed E-state index contributed by atoms with van der Waals surface area (Å²) in [5.41, 5.74) is -0.645. The lowest BCUT2D eigenvalue weighted by Gasteiger charge is -2.23. The summed E-state index contributed by atoms with van der Waals surface area (Å²) in [6, 6.07) is 1.09. The third kappa shape index (κ3) is 4.94. The number of ether oxygens (including phenoxy) is 3. The Kier molecular flexibility index (Phi) is 5.67. The molecule has 0 heterocycles. The fourth-order valence-corrected chi connectivity index (χ4v) is 1.82. The molecule has 0 aliphatic carbocycles. The van der Waals surface area contributed by atoms with Crippen molar-refractivity contribution in [3.05, 3.63) is 17.7 Å². The molecule has 8 heteroatoms. The van der Waals surface area contributed by atoms with Gasteiger partial charge in [-0.05, 0) is 38.5 Å². The lowest BCUT2D eigenvalue weighted by atomic mass is 10.1. The maximum atomic E-state index is 11.9. The van der Waals surface area contributed by atoms with Gasteiger partial charge in [-0.25, -0.2) is 9.59 Å². The quantitative estimate of drug-likeness (QED) is 0.723. The molecule has 1 aromatic carbocycles. The number of hydrogen-bond donors (Lipinski definition) is 3. The third-order valence-corrected chi connectivity index (χ3v) is 2.71. The molecule has 0 aliphatic heterocycles. The molecule has 0 aliphatic rings. The van der Waals surface area contributed by atoms with E-state index in [1.165, 1.54) is 19.2 Å². The minimum absolute atomic E-state index is 0.110. The number of hydrogen-bond acceptors (Lipinski definition) is 7. The molecule has 3 N–H and O–H groups in total. The van der Waals surface area contributed by atoms with Gasteiger partial charge < -0.3 is 29.7 Å². The highest BCUT2D eigenvalue weighted by atomic mass is 16.6. The Bertz CT molecular complexity index is 569. The summed E-state index contributed by atoms with van der Waals surface area (Å²) >= 11 is 0. The van der Waals surface area contributed by atoms with E-state index in [1.54, 1.807) is 20.8 Å². The van der Waals surface area contributed by atoms with E-state index in [4.69, 9.17) is 9.47 Å². The Morgan fingerprint density at radius 3 is 2.04 bits per heavy atom. The Balaban J connectivity index is 3.13. The van der Waals surface area contributed by atoms with Gasteiger partial charge in [-0.1, -0.05) is 0 Å². The Hall–Kier alpha value is -2.64. The van der Waals surface area contributed by atoms with Crippen LogP contribution in [0.5, 0.6) is 17.2 Å². The third-order valence-electron chi connectivity index (χ3n) is 2.71. The van der Waals surface area contributed by atoms with Gasteiger partial charge in [0.1, 0.15) is 5.60 Å². The van der Waals surface area contributed by atoms with Crippen LogP contribution in [0.15, 0.2) is 12.1 Å². The van der Waals surface area contributed by atoms with Gasteiger partial charge in [0.15, 0.2) is 17.5 Å². The van der Waals surface area contributed by atoms with E-state index in [9.17, 15) is 19.8 Å². The molecule has 1 atom stereocenters. The zero-order chi connectivity index (χ0) is 17.8. The van der Waals surface area contributed by atoms with Crippen LogP contribution in [0.2, 0.25) is 0 Å². The molecule has 128 valence electrons. The summed E-state index contributed by atoms with van der Waals surface area (Å²) in [7, 11) is 2.42. The van der Waals surface area contributed by atoms with Gasteiger partial charge in [-0.15, -0.1) is 0 Å². The molecule has 23 heavy (non-hydrogen) atoms. The van der Waals surface area contributed by atoms with E-state index < -0.39 is 23.7 Å². The minimum atomic E-state index is -1.27. The van der Waals surface area contributed by atoms with Gasteiger partial charge in [0.2, 0.25) is 5.75 Å². The summed E-state index contributed by atoms with van der Waals surface area (Å²) < 4.78 is 14.5. The molecule has 0 bridgehead atoms. The van der Waals surface area contributed by atoms with Crippen LogP contribution >= 0.6 is 0 Å². The van der Waals surface area contributed by atoms with Crippen LogP contribution in [-0.4, -0.2) is 42.1 Å². The number of rotatable bonds is 4. The van der Waals surface area contributed by atoms with Crippen molar-refractivity contribution >= 4 is 12.1 Å². The number of carbonyl (C=O) groups is 2. The average molecular weight is 327 g/mol. The first-order chi connectivity index (χ1) is 10.6. The molecule has 0 radical (unpaired) electrons. The predicted octanol–water partition coefficient (Wildman–Crippen LogP) is 1.85. The molecule has 0 spiro atoms. The minimum Gasteiger partial charge on any atom is -0.504 e. The average Bonchev–Trinajstić information content (AvgIpc) is 2.41. The van der Waals surface area contributed by atoms with Crippen molar-refractivity contribution in [2.45, 2.75) is 32.4 Å². The Morgan fingerprint density at radius 1 is 1.13 bits per heavy atom. The van der Waals surface area contributed by atoms with Crippen LogP contribution in [0.3, 0.4) is 0 Å². The Labute approximate surface area is 134 Å². The van der Waals surface area contributed by atoms with Crippen LogP contribution < -0.4 is 10.1 Å². The number of phenolic OH excluding ortho intramolecular Hbond substituents is 2. The number of benzene rings is 1. The van der Waals surface area contributed by atoms with Gasteiger partial charge in [0.25, 0.3) is 0 Å². The summed E-state index contributed by atoms with van der Waals surface area (Å²) in [4.78, 5) is 23.8. The summed E-state index contributed by atoms with van der Waals surface area (Å²) in [5, 5.41) is 22.0. The van der Waals surface area contributed by atoms with Crippen molar-refractivity contribution in [1.29, 1.82) is 0 Å². The topological polar surface area (TPSA) is 114 Å². The molecule has 1 amide bonds. The van der Waals surface area contributed by atoms with E-state index in [0.29, 0.717) is 0 Å². The number of nitrogens with one attached hydrogen (secondary N) is 1. The van der Waals surface area contributed by atoms with Gasteiger partial charge in [-0.3, -0.25) is 0 Å². The standard InChI is InChI=1S/C15H21NO7/c1-15(2,3)23-14(20)16-11(13(19)22-5)8-6-9(17)12(21-4)10(18)7-8/h6-7,11,17-18H,1-5H3,(H,16,20). The van der Waals surface area contributed by atoms with Gasteiger partial charge in [0, 0.05) is 0 Å². The van der Waals surface area contributed by atoms with E-state index in [1.807, 2.05) is 0 Å². The first kappa shape index (κ1) is 18.4. The molecule has 0 saturated heterocycles. The van der Waals surface area contributed by atoms with E-state index >= 15 is 0 Å². The molecular formula is C15H21NO7. The zero-order valence-electron chi connectivity index (χ0n) is 13.7. The van der Waals surface area contributed by atoms with Gasteiger partial charge in [-0.2, -0.15) is 0 Å². The highest BCUT2D eigenvalue weighted by Crippen LogP contribution is 2.38. The number of alkyl carbamates (subject to hydrolysis) is 1. The molecule has 0 fully saturated rings. The molecule has 1 rings (SSSR count). The summed E-state index contributed by atoms with van der Waals surface area (Å²) in [5.74, 6) is -1.71. The molecule has 0 aromatic heterocycles. The van der Waals surface area contributed by atoms with E-state index in [2.05, 4.69) is 10.1 Å². The number of esters is 1. The predicted molar refractivity (Wildman–Crippen MR) is 80.5 cm³/mol. The Morgan fingerprint density at radius 2 is 1.65 bits per heavy atom. The monoisotopic (exact) mass is 327 g/mol. The molecule has 1 aromatic rings. The van der Waals surface area contributed by atoms with Crippen LogP contribution in [0.25, 0.3) is 0 Å². The fraction of sp³-hybridized carbons (Fsp3) is 0.467. The number of carbonyl (C=O) groups excluding carboxylic acids is 2. The lowest BCUT2D eigenvalue weighted by Crippen LogP contribution is -2.38. The van der Waals surface area contributed by atoms with Crippen molar-refractivity contribution in [1.82, 2.24) is 5.32 Å². The van der Waals surface area contributed by atoms with E-state index in [-0.39, 0.29) is 22.8 Å². The second kappa shape index (κ2) is 7.08. The largest absolute Gasteiger partial charge is 0.504 e. The van der Waals surface area contributed by atoms with Crippen LogP contribution in [0.1, 0.15) is 32.4 Å². The lowest BCUT2D eigenvalue weighted by molar-refractivity contribution is -0.143. The van der Waals surface area contributed by atoms with Crippen molar-refractivity contribution in [3.63, 3.8) is 0 Å². The molecule has 0 saturated carbocycles. The van der Waals surface area contributed by atoms with Crippen molar-refractivity contribution in [2.24, 2.45) is 0 Å². The fourth-order valence-electron chi connectivity index (χ4n) is 1.82. The first-order valence-electron chi connectivity index (χ1n) is 6.76. The molecular weight excluding hydrogens is 306 g/mol. The van der Waals surface area contributed by atoms with Crippen molar-refractivity contribution < 1.29 is 34.0 Å². The van der Waals surface area contributed by atoms with Crippen molar-refractivity contribution in [3.8, 4) is 17.2 Å². The van der Waals surface area contributed by atoms with Crippen molar-refractivity contribution in [2.75, 3.05) is 14.2 Å². The summed E-state index contributed by atoms with van der Waals surface area (Å²) in [6.45, 7) is 5.01. The normalized spacial score (nSPS) is 12.2. The SMILES string of the molecule is COC(=O)C(NC(=O)OC(C)(C)C)c1cc(O)c(OC)c(O)c1. The van der Waals surface area contributed by atoms with E-state index in [0.717, 1.165) is 7.11 Å². The molecule has 8 nitrogen and oxygen atoms in total. The second-order valence-electron chi connectivity index (χ2n) is 5.69. The summed E-state index contributed by atoms with van der Waals surface area (Å²) in [6.07, 6.45) is -0.845. The van der Waals surface area contributed by atoms with Crippen LogP contribution in [-0.2, 0) is 14.3 Å². The maximum absolute atomic E-state index is 11.9. The highest BCUT2D eigenvalue weighted by molar-refractivity contribution is 5.83.